The van der Waals surface area contributed by atoms with Gasteiger partial charge in [0, 0.05) is 23.6 Å². The molecule has 7 heteroatoms. The van der Waals surface area contributed by atoms with Crippen LogP contribution in [0, 0.1) is 29.3 Å². The number of hydrogen-bond acceptors (Lipinski definition) is 3. The van der Waals surface area contributed by atoms with Crippen LogP contribution < -0.4 is 5.32 Å². The average molecular weight is 509 g/mol. The van der Waals surface area contributed by atoms with Crippen LogP contribution in [0.25, 0.3) is 0 Å². The summed E-state index contributed by atoms with van der Waals surface area (Å²) in [5.74, 6) is -2.53. The first-order valence-electron chi connectivity index (χ1n) is 12.6. The van der Waals surface area contributed by atoms with E-state index in [9.17, 15) is 22.8 Å². The summed E-state index contributed by atoms with van der Waals surface area (Å²) in [7, 11) is 0. The lowest BCUT2D eigenvalue weighted by Gasteiger charge is -2.30. The highest BCUT2D eigenvalue weighted by Gasteiger charge is 2.36. The fourth-order valence-corrected chi connectivity index (χ4v) is 4.74. The summed E-state index contributed by atoms with van der Waals surface area (Å²) in [6.45, 7) is 6.20. The van der Waals surface area contributed by atoms with Gasteiger partial charge in [0.1, 0.15) is 29.2 Å². The van der Waals surface area contributed by atoms with E-state index in [1.807, 2.05) is 20.8 Å². The summed E-state index contributed by atoms with van der Waals surface area (Å²) in [4.78, 5) is 28.3. The van der Waals surface area contributed by atoms with Crippen molar-refractivity contribution >= 4 is 17.4 Å². The van der Waals surface area contributed by atoms with Crippen LogP contribution in [0.4, 0.5) is 18.9 Å². The lowest BCUT2D eigenvalue weighted by atomic mass is 9.89. The van der Waals surface area contributed by atoms with Gasteiger partial charge in [-0.2, -0.15) is 0 Å². The number of Topliss-reactive ketones (excluding diaryl/α,β-unsaturated/α-hetero) is 1. The molecule has 37 heavy (non-hydrogen) atoms. The molecule has 0 aromatic heterocycles. The SMILES string of the molecule is CC(C)C(C)C(=O)c1ccc(C(Nc2c(F)cccc2F)C(=O)N2CCCC2c2ccccc2F)cc1. The van der Waals surface area contributed by atoms with Crippen molar-refractivity contribution in [3.63, 3.8) is 0 Å². The van der Waals surface area contributed by atoms with E-state index in [1.54, 1.807) is 47.4 Å². The van der Waals surface area contributed by atoms with E-state index in [-0.39, 0.29) is 17.6 Å². The van der Waals surface area contributed by atoms with Crippen molar-refractivity contribution in [2.75, 3.05) is 11.9 Å². The second-order valence-electron chi connectivity index (χ2n) is 9.90. The Balaban J connectivity index is 1.70. The van der Waals surface area contributed by atoms with Gasteiger partial charge in [-0.1, -0.05) is 69.3 Å². The van der Waals surface area contributed by atoms with Crippen molar-refractivity contribution in [2.45, 2.75) is 45.7 Å². The Labute approximate surface area is 215 Å². The van der Waals surface area contributed by atoms with Crippen molar-refractivity contribution in [2.24, 2.45) is 11.8 Å². The van der Waals surface area contributed by atoms with Gasteiger partial charge >= 0.3 is 0 Å². The topological polar surface area (TPSA) is 49.4 Å². The van der Waals surface area contributed by atoms with E-state index in [0.29, 0.717) is 36.1 Å². The minimum absolute atomic E-state index is 0.0170. The van der Waals surface area contributed by atoms with Gasteiger partial charge in [-0.15, -0.1) is 0 Å². The van der Waals surface area contributed by atoms with Gasteiger partial charge in [0.15, 0.2) is 5.78 Å². The van der Waals surface area contributed by atoms with Crippen LogP contribution >= 0.6 is 0 Å². The molecule has 0 bridgehead atoms. The van der Waals surface area contributed by atoms with Gasteiger partial charge in [0.05, 0.1) is 6.04 Å². The highest BCUT2D eigenvalue weighted by Crippen LogP contribution is 2.37. The molecule has 1 amide bonds. The van der Waals surface area contributed by atoms with E-state index in [4.69, 9.17) is 0 Å². The van der Waals surface area contributed by atoms with Crippen LogP contribution in [0.5, 0.6) is 0 Å². The van der Waals surface area contributed by atoms with Crippen molar-refractivity contribution in [1.82, 2.24) is 4.90 Å². The molecule has 3 unspecified atom stereocenters. The molecular formula is C30H31F3N2O2. The van der Waals surface area contributed by atoms with E-state index in [0.717, 1.165) is 12.1 Å². The standard InChI is InChI=1S/C30H31F3N2O2/c1-18(2)19(3)29(36)21-15-13-20(14-16-21)27(34-28-24(32)10-6-11-25(28)33)30(37)35-17-7-12-26(35)22-8-4-5-9-23(22)31/h4-6,8-11,13-16,18-19,26-27,34H,7,12,17H2,1-3H3. The number of ketones is 1. The summed E-state index contributed by atoms with van der Waals surface area (Å²) in [5.41, 5.74) is 0.933. The molecule has 1 saturated heterocycles. The summed E-state index contributed by atoms with van der Waals surface area (Å²) < 4.78 is 43.8. The number of carbonyl (C=O) groups excluding carboxylic acids is 2. The fourth-order valence-electron chi connectivity index (χ4n) is 4.74. The van der Waals surface area contributed by atoms with Gasteiger partial charge in [-0.05, 0) is 42.5 Å². The number of hydrogen-bond donors (Lipinski definition) is 1. The maximum absolute atomic E-state index is 14.6. The number of carbonyl (C=O) groups is 2. The maximum atomic E-state index is 14.6. The number of benzene rings is 3. The Bertz CT molecular complexity index is 1260. The van der Waals surface area contributed by atoms with Crippen molar-refractivity contribution in [3.8, 4) is 0 Å². The number of para-hydroxylation sites is 1. The van der Waals surface area contributed by atoms with Crippen LogP contribution in [0.1, 0.15) is 67.2 Å². The molecule has 0 aliphatic carbocycles. The maximum Gasteiger partial charge on any atom is 0.250 e. The molecule has 0 spiro atoms. The van der Waals surface area contributed by atoms with Gasteiger partial charge in [0.2, 0.25) is 5.91 Å². The number of rotatable bonds is 8. The van der Waals surface area contributed by atoms with E-state index < -0.39 is 41.1 Å². The molecule has 3 aromatic carbocycles. The highest BCUT2D eigenvalue weighted by atomic mass is 19.1. The molecule has 4 nitrogen and oxygen atoms in total. The minimum atomic E-state index is -1.15. The highest BCUT2D eigenvalue weighted by molar-refractivity contribution is 5.98. The van der Waals surface area contributed by atoms with E-state index in [1.165, 1.54) is 12.1 Å². The lowest BCUT2D eigenvalue weighted by molar-refractivity contribution is -0.133. The van der Waals surface area contributed by atoms with Gasteiger partial charge in [-0.3, -0.25) is 9.59 Å². The third kappa shape index (κ3) is 5.55. The van der Waals surface area contributed by atoms with Crippen molar-refractivity contribution in [3.05, 3.63) is 101 Å². The van der Waals surface area contributed by atoms with Crippen molar-refractivity contribution in [1.29, 1.82) is 0 Å². The number of halogens is 3. The van der Waals surface area contributed by atoms with Crippen LogP contribution in [0.2, 0.25) is 0 Å². The summed E-state index contributed by atoms with van der Waals surface area (Å²) >= 11 is 0. The molecule has 1 fully saturated rings. The Morgan fingerprint density at radius 3 is 2.11 bits per heavy atom. The van der Waals surface area contributed by atoms with Gasteiger partial charge in [-0.25, -0.2) is 13.2 Å². The van der Waals surface area contributed by atoms with Crippen LogP contribution in [-0.4, -0.2) is 23.1 Å². The molecule has 0 radical (unpaired) electrons. The Hall–Kier alpha value is -3.61. The predicted octanol–water partition coefficient (Wildman–Crippen LogP) is 7.10. The zero-order valence-electron chi connectivity index (χ0n) is 21.2. The number of nitrogens with one attached hydrogen (secondary N) is 1. The van der Waals surface area contributed by atoms with E-state index >= 15 is 0 Å². The van der Waals surface area contributed by atoms with Gasteiger partial charge in [0.25, 0.3) is 0 Å². The Kier molecular flexibility index (Phi) is 8.00. The quantitative estimate of drug-likeness (QED) is 0.330. The lowest BCUT2D eigenvalue weighted by Crippen LogP contribution is -2.38. The second kappa shape index (κ2) is 11.2. The third-order valence-corrected chi connectivity index (χ3v) is 7.24. The first-order chi connectivity index (χ1) is 17.7. The molecule has 1 heterocycles. The summed E-state index contributed by atoms with van der Waals surface area (Å²) in [6, 6.07) is 14.7. The second-order valence-corrected chi connectivity index (χ2v) is 9.90. The van der Waals surface area contributed by atoms with Crippen molar-refractivity contribution < 1.29 is 22.8 Å². The number of nitrogens with zero attached hydrogens (tertiary/aromatic N) is 1. The van der Waals surface area contributed by atoms with Crippen LogP contribution in [0.3, 0.4) is 0 Å². The molecular weight excluding hydrogens is 477 g/mol. The third-order valence-electron chi connectivity index (χ3n) is 7.24. The summed E-state index contributed by atoms with van der Waals surface area (Å²) in [5, 5.41) is 2.76. The number of anilines is 1. The largest absolute Gasteiger partial charge is 0.365 e. The smallest absolute Gasteiger partial charge is 0.250 e. The molecule has 1 N–H and O–H groups in total. The normalized spacial score (nSPS) is 17.1. The monoisotopic (exact) mass is 508 g/mol. The van der Waals surface area contributed by atoms with Crippen LogP contribution in [0.15, 0.2) is 66.7 Å². The fraction of sp³-hybridized carbons (Fsp3) is 0.333. The molecule has 4 rings (SSSR count). The molecule has 3 atom stereocenters. The predicted molar refractivity (Wildman–Crippen MR) is 138 cm³/mol. The number of likely N-dealkylation sites (tertiary alicyclic amines) is 1. The van der Waals surface area contributed by atoms with E-state index in [2.05, 4.69) is 5.32 Å². The van der Waals surface area contributed by atoms with Gasteiger partial charge < -0.3 is 10.2 Å². The minimum Gasteiger partial charge on any atom is -0.365 e. The Morgan fingerprint density at radius 2 is 1.49 bits per heavy atom. The van der Waals surface area contributed by atoms with Crippen LogP contribution in [-0.2, 0) is 4.79 Å². The molecule has 0 saturated carbocycles. The average Bonchev–Trinajstić information content (AvgIpc) is 3.37. The first-order valence-corrected chi connectivity index (χ1v) is 12.6. The molecule has 194 valence electrons. The zero-order chi connectivity index (χ0) is 26.7. The first kappa shape index (κ1) is 26.5. The molecule has 1 aliphatic heterocycles. The molecule has 3 aromatic rings. The zero-order valence-corrected chi connectivity index (χ0v) is 21.2. The molecule has 1 aliphatic rings. The summed E-state index contributed by atoms with van der Waals surface area (Å²) in [6.07, 6.45) is 1.25. The Morgan fingerprint density at radius 1 is 0.865 bits per heavy atom. The number of amides is 1.